The average Bonchev–Trinajstić information content (AvgIpc) is 2.49. The maximum Gasteiger partial charge on any atom is 0.315 e. The molecule has 0 spiro atoms. The first-order chi connectivity index (χ1) is 9.84. The number of aromatic nitrogens is 1. The van der Waals surface area contributed by atoms with Crippen LogP contribution in [0, 0.1) is 0 Å². The molecule has 1 aromatic heterocycles. The summed E-state index contributed by atoms with van der Waals surface area (Å²) in [6, 6.07) is 6.11. The first kappa shape index (κ1) is 14.6. The Morgan fingerprint density at radius 1 is 1.20 bits per heavy atom. The molecule has 1 aliphatic carbocycles. The quantitative estimate of drug-likeness (QED) is 0.699. The smallest absolute Gasteiger partial charge is 0.315 e. The van der Waals surface area contributed by atoms with E-state index in [0.29, 0.717) is 12.6 Å². The average molecular weight is 276 g/mol. The van der Waals surface area contributed by atoms with Gasteiger partial charge >= 0.3 is 6.03 Å². The highest BCUT2D eigenvalue weighted by atomic mass is 16.2. The topological polar surface area (TPSA) is 66.0 Å². The summed E-state index contributed by atoms with van der Waals surface area (Å²) >= 11 is 0. The van der Waals surface area contributed by atoms with Crippen molar-refractivity contribution >= 4 is 11.8 Å². The number of urea groups is 1. The fraction of sp³-hybridized carbons (Fsp3) is 0.600. The van der Waals surface area contributed by atoms with E-state index in [0.717, 1.165) is 31.6 Å². The van der Waals surface area contributed by atoms with E-state index in [1.807, 2.05) is 18.2 Å². The Kier molecular flexibility index (Phi) is 6.14. The molecule has 0 aliphatic heterocycles. The van der Waals surface area contributed by atoms with Crippen LogP contribution in [0.25, 0.3) is 0 Å². The second-order valence-electron chi connectivity index (χ2n) is 5.23. The molecule has 0 radical (unpaired) electrons. The third-order valence-corrected chi connectivity index (χ3v) is 3.55. The predicted octanol–water partition coefficient (Wildman–Crippen LogP) is 2.52. The van der Waals surface area contributed by atoms with Crippen LogP contribution in [0.4, 0.5) is 10.6 Å². The Hall–Kier alpha value is -1.78. The van der Waals surface area contributed by atoms with Crippen LogP contribution < -0.4 is 16.0 Å². The summed E-state index contributed by atoms with van der Waals surface area (Å²) in [6.45, 7) is 1.49. The van der Waals surface area contributed by atoms with Gasteiger partial charge in [0, 0.05) is 25.3 Å². The van der Waals surface area contributed by atoms with Gasteiger partial charge in [0.25, 0.3) is 0 Å². The number of amides is 2. The summed E-state index contributed by atoms with van der Waals surface area (Å²) in [4.78, 5) is 15.9. The molecule has 5 heteroatoms. The number of rotatable bonds is 6. The minimum Gasteiger partial charge on any atom is -0.370 e. The van der Waals surface area contributed by atoms with E-state index >= 15 is 0 Å². The molecule has 1 aromatic rings. The molecule has 110 valence electrons. The van der Waals surface area contributed by atoms with Crippen LogP contribution in [0.15, 0.2) is 24.4 Å². The van der Waals surface area contributed by atoms with Crippen LogP contribution >= 0.6 is 0 Å². The summed E-state index contributed by atoms with van der Waals surface area (Å²) in [5.74, 6) is 0.874. The molecule has 1 aliphatic rings. The molecule has 0 unspecified atom stereocenters. The minimum atomic E-state index is -0.0327. The summed E-state index contributed by atoms with van der Waals surface area (Å²) in [6.07, 6.45) is 8.66. The summed E-state index contributed by atoms with van der Waals surface area (Å²) in [7, 11) is 0. The maximum absolute atomic E-state index is 11.7. The summed E-state index contributed by atoms with van der Waals surface area (Å²) in [5, 5.41) is 9.17. The lowest BCUT2D eigenvalue weighted by Gasteiger charge is -2.22. The first-order valence-corrected chi connectivity index (χ1v) is 7.54. The molecular weight excluding hydrogens is 252 g/mol. The number of carbonyl (C=O) groups excluding carboxylic acids is 1. The second-order valence-corrected chi connectivity index (χ2v) is 5.23. The van der Waals surface area contributed by atoms with Gasteiger partial charge in [0.2, 0.25) is 0 Å². The van der Waals surface area contributed by atoms with E-state index in [4.69, 9.17) is 0 Å². The van der Waals surface area contributed by atoms with Crippen LogP contribution in [-0.4, -0.2) is 30.1 Å². The molecule has 2 amide bonds. The Bertz CT molecular complexity index is 390. The molecule has 1 fully saturated rings. The molecule has 0 saturated heterocycles. The molecule has 2 rings (SSSR count). The number of anilines is 1. The third-order valence-electron chi connectivity index (χ3n) is 3.55. The fourth-order valence-electron chi connectivity index (χ4n) is 2.46. The standard InChI is InChI=1S/C15H24N4O/c20-15(19-13-7-2-1-3-8-13)18-12-6-11-17-14-9-4-5-10-16-14/h4-5,9-10,13H,1-3,6-8,11-12H2,(H,16,17)(H2,18,19,20). The van der Waals surface area contributed by atoms with Gasteiger partial charge in [-0.1, -0.05) is 25.3 Å². The largest absolute Gasteiger partial charge is 0.370 e. The Morgan fingerprint density at radius 2 is 2.05 bits per heavy atom. The second kappa shape index (κ2) is 8.40. The number of hydrogen-bond acceptors (Lipinski definition) is 3. The maximum atomic E-state index is 11.7. The van der Waals surface area contributed by atoms with E-state index in [1.165, 1.54) is 19.3 Å². The lowest BCUT2D eigenvalue weighted by molar-refractivity contribution is 0.232. The van der Waals surface area contributed by atoms with Gasteiger partial charge < -0.3 is 16.0 Å². The van der Waals surface area contributed by atoms with Crippen molar-refractivity contribution in [1.82, 2.24) is 15.6 Å². The molecule has 0 atom stereocenters. The highest BCUT2D eigenvalue weighted by molar-refractivity contribution is 5.74. The van der Waals surface area contributed by atoms with Gasteiger partial charge in [0.05, 0.1) is 0 Å². The van der Waals surface area contributed by atoms with E-state index in [9.17, 15) is 4.79 Å². The SMILES string of the molecule is O=C(NCCCNc1ccccn1)NC1CCCCC1. The Balaban J connectivity index is 1.51. The van der Waals surface area contributed by atoms with Crippen LogP contribution in [-0.2, 0) is 0 Å². The molecule has 1 heterocycles. The van der Waals surface area contributed by atoms with Crippen molar-refractivity contribution in [1.29, 1.82) is 0 Å². The zero-order chi connectivity index (χ0) is 14.0. The zero-order valence-electron chi connectivity index (χ0n) is 11.9. The fourth-order valence-corrected chi connectivity index (χ4v) is 2.46. The lowest BCUT2D eigenvalue weighted by atomic mass is 9.96. The molecule has 0 bridgehead atoms. The molecule has 20 heavy (non-hydrogen) atoms. The number of hydrogen-bond donors (Lipinski definition) is 3. The van der Waals surface area contributed by atoms with Crippen LogP contribution in [0.2, 0.25) is 0 Å². The minimum absolute atomic E-state index is 0.0327. The van der Waals surface area contributed by atoms with Gasteiger partial charge in [-0.2, -0.15) is 0 Å². The monoisotopic (exact) mass is 276 g/mol. The number of carbonyl (C=O) groups is 1. The lowest BCUT2D eigenvalue weighted by Crippen LogP contribution is -2.43. The van der Waals surface area contributed by atoms with E-state index in [1.54, 1.807) is 6.20 Å². The normalized spacial score (nSPS) is 15.6. The van der Waals surface area contributed by atoms with E-state index in [-0.39, 0.29) is 6.03 Å². The molecule has 3 N–H and O–H groups in total. The van der Waals surface area contributed by atoms with Crippen LogP contribution in [0.3, 0.4) is 0 Å². The summed E-state index contributed by atoms with van der Waals surface area (Å²) in [5.41, 5.74) is 0. The number of pyridine rings is 1. The van der Waals surface area contributed by atoms with Gasteiger partial charge in [-0.05, 0) is 31.4 Å². The van der Waals surface area contributed by atoms with Gasteiger partial charge in [-0.15, -0.1) is 0 Å². The molecular formula is C15H24N4O. The van der Waals surface area contributed by atoms with Crippen LogP contribution in [0.1, 0.15) is 38.5 Å². The van der Waals surface area contributed by atoms with Crippen molar-refractivity contribution in [3.05, 3.63) is 24.4 Å². The van der Waals surface area contributed by atoms with Gasteiger partial charge in [-0.25, -0.2) is 9.78 Å². The first-order valence-electron chi connectivity index (χ1n) is 7.54. The number of nitrogens with one attached hydrogen (secondary N) is 3. The van der Waals surface area contributed by atoms with E-state index < -0.39 is 0 Å². The van der Waals surface area contributed by atoms with Gasteiger partial charge in [0.1, 0.15) is 5.82 Å². The van der Waals surface area contributed by atoms with Crippen molar-refractivity contribution in [2.45, 2.75) is 44.6 Å². The Morgan fingerprint density at radius 3 is 2.80 bits per heavy atom. The molecule has 1 saturated carbocycles. The van der Waals surface area contributed by atoms with Crippen LogP contribution in [0.5, 0.6) is 0 Å². The van der Waals surface area contributed by atoms with Gasteiger partial charge in [-0.3, -0.25) is 0 Å². The van der Waals surface area contributed by atoms with Crippen molar-refractivity contribution < 1.29 is 4.79 Å². The van der Waals surface area contributed by atoms with Crippen molar-refractivity contribution in [2.24, 2.45) is 0 Å². The Labute approximate surface area is 120 Å². The van der Waals surface area contributed by atoms with Crippen molar-refractivity contribution in [3.8, 4) is 0 Å². The van der Waals surface area contributed by atoms with Crippen molar-refractivity contribution in [2.75, 3.05) is 18.4 Å². The van der Waals surface area contributed by atoms with E-state index in [2.05, 4.69) is 20.9 Å². The number of nitrogens with zero attached hydrogens (tertiary/aromatic N) is 1. The molecule has 0 aromatic carbocycles. The van der Waals surface area contributed by atoms with Crippen molar-refractivity contribution in [3.63, 3.8) is 0 Å². The zero-order valence-corrected chi connectivity index (χ0v) is 11.9. The predicted molar refractivity (Wildman–Crippen MR) is 80.8 cm³/mol. The highest BCUT2D eigenvalue weighted by Gasteiger charge is 2.14. The third kappa shape index (κ3) is 5.47. The summed E-state index contributed by atoms with van der Waals surface area (Å²) < 4.78 is 0. The van der Waals surface area contributed by atoms with Gasteiger partial charge in [0.15, 0.2) is 0 Å². The molecule has 5 nitrogen and oxygen atoms in total. The highest BCUT2D eigenvalue weighted by Crippen LogP contribution is 2.17.